The molecule has 72 valence electrons. The molecule has 0 aliphatic rings. The maximum absolute atomic E-state index is 5.83. The highest BCUT2D eigenvalue weighted by atomic mass is 15.1. The van der Waals surface area contributed by atoms with E-state index in [-0.39, 0.29) is 0 Å². The van der Waals surface area contributed by atoms with Crippen LogP contribution < -0.4 is 15.5 Å². The van der Waals surface area contributed by atoms with Crippen molar-refractivity contribution in [1.82, 2.24) is 0 Å². The molecule has 0 atom stereocenters. The maximum Gasteiger partial charge on any atom is 0.0615 e. The molecule has 0 radical (unpaired) electrons. The monoisotopic (exact) mass is 179 g/mol. The van der Waals surface area contributed by atoms with Gasteiger partial charge in [-0.05, 0) is 18.2 Å². The Morgan fingerprint density at radius 2 is 1.62 bits per heavy atom. The molecule has 0 amide bonds. The molecule has 0 fully saturated rings. The van der Waals surface area contributed by atoms with Crippen molar-refractivity contribution in [2.24, 2.45) is 0 Å². The Morgan fingerprint density at radius 3 is 2.08 bits per heavy atom. The van der Waals surface area contributed by atoms with Gasteiger partial charge in [0.25, 0.3) is 0 Å². The largest absolute Gasteiger partial charge is 0.397 e. The van der Waals surface area contributed by atoms with Crippen molar-refractivity contribution in [1.29, 1.82) is 0 Å². The highest BCUT2D eigenvalue weighted by Crippen LogP contribution is 2.26. The summed E-state index contributed by atoms with van der Waals surface area (Å²) in [5, 5.41) is 0. The fourth-order valence-electron chi connectivity index (χ4n) is 1.20. The van der Waals surface area contributed by atoms with E-state index >= 15 is 0 Å². The molecule has 13 heavy (non-hydrogen) atoms. The molecule has 0 bridgehead atoms. The van der Waals surface area contributed by atoms with Gasteiger partial charge in [0.1, 0.15) is 0 Å². The number of nitrogens with two attached hydrogens (primary N) is 1. The van der Waals surface area contributed by atoms with Crippen LogP contribution in [0.4, 0.5) is 17.1 Å². The Labute approximate surface area is 79.8 Å². The summed E-state index contributed by atoms with van der Waals surface area (Å²) in [7, 11) is 8.02. The van der Waals surface area contributed by atoms with Gasteiger partial charge in [-0.1, -0.05) is 0 Å². The average Bonchev–Trinajstić information content (AvgIpc) is 2.04. The smallest absolute Gasteiger partial charge is 0.0615 e. The summed E-state index contributed by atoms with van der Waals surface area (Å²) >= 11 is 0. The second-order valence-electron chi connectivity index (χ2n) is 3.53. The molecule has 1 aromatic carbocycles. The highest BCUT2D eigenvalue weighted by molar-refractivity contribution is 5.72. The summed E-state index contributed by atoms with van der Waals surface area (Å²) in [6.07, 6.45) is 0. The molecule has 0 spiro atoms. The molecule has 0 heterocycles. The quantitative estimate of drug-likeness (QED) is 0.696. The van der Waals surface area contributed by atoms with Gasteiger partial charge in [-0.2, -0.15) is 0 Å². The molecule has 0 unspecified atom stereocenters. The van der Waals surface area contributed by atoms with Crippen LogP contribution in [0.1, 0.15) is 0 Å². The van der Waals surface area contributed by atoms with Crippen molar-refractivity contribution < 1.29 is 0 Å². The first-order valence-electron chi connectivity index (χ1n) is 4.26. The minimum atomic E-state index is 0.815. The number of nitrogens with zero attached hydrogens (tertiary/aromatic N) is 2. The fourth-order valence-corrected chi connectivity index (χ4v) is 1.20. The Morgan fingerprint density at radius 1 is 1.00 bits per heavy atom. The van der Waals surface area contributed by atoms with Crippen LogP contribution in [0, 0.1) is 0 Å². The number of nitrogen functional groups attached to an aromatic ring is 1. The van der Waals surface area contributed by atoms with Gasteiger partial charge >= 0.3 is 0 Å². The zero-order chi connectivity index (χ0) is 10.0. The van der Waals surface area contributed by atoms with Gasteiger partial charge in [-0.25, -0.2) is 0 Å². The van der Waals surface area contributed by atoms with Crippen molar-refractivity contribution in [3.05, 3.63) is 18.2 Å². The van der Waals surface area contributed by atoms with E-state index in [1.807, 2.05) is 45.2 Å². The lowest BCUT2D eigenvalue weighted by atomic mass is 10.2. The van der Waals surface area contributed by atoms with Crippen LogP contribution >= 0.6 is 0 Å². The van der Waals surface area contributed by atoms with Crippen LogP contribution in [0.5, 0.6) is 0 Å². The van der Waals surface area contributed by atoms with E-state index in [4.69, 9.17) is 5.73 Å². The zero-order valence-corrected chi connectivity index (χ0v) is 8.70. The van der Waals surface area contributed by atoms with E-state index < -0.39 is 0 Å². The molecule has 2 N–H and O–H groups in total. The van der Waals surface area contributed by atoms with Gasteiger partial charge < -0.3 is 15.5 Å². The Bertz CT molecular complexity index is 292. The van der Waals surface area contributed by atoms with Crippen molar-refractivity contribution in [3.63, 3.8) is 0 Å². The first kappa shape index (κ1) is 9.71. The minimum Gasteiger partial charge on any atom is -0.397 e. The summed E-state index contributed by atoms with van der Waals surface area (Å²) in [5.41, 5.74) is 8.87. The predicted molar refractivity (Wildman–Crippen MR) is 59.5 cm³/mol. The minimum absolute atomic E-state index is 0.815. The van der Waals surface area contributed by atoms with Crippen LogP contribution in [-0.4, -0.2) is 28.2 Å². The van der Waals surface area contributed by atoms with E-state index in [2.05, 4.69) is 11.0 Å². The molecule has 0 aromatic heterocycles. The highest BCUT2D eigenvalue weighted by Gasteiger charge is 2.03. The molecular formula is C10H17N3. The summed E-state index contributed by atoms with van der Waals surface area (Å²) in [4.78, 5) is 4.08. The second kappa shape index (κ2) is 3.56. The van der Waals surface area contributed by atoms with Crippen LogP contribution in [0.15, 0.2) is 18.2 Å². The van der Waals surface area contributed by atoms with Gasteiger partial charge in [-0.15, -0.1) is 0 Å². The molecule has 1 rings (SSSR count). The molecule has 0 saturated carbocycles. The van der Waals surface area contributed by atoms with Crippen LogP contribution in [-0.2, 0) is 0 Å². The normalized spacial score (nSPS) is 9.85. The van der Waals surface area contributed by atoms with Crippen molar-refractivity contribution in [3.8, 4) is 0 Å². The summed E-state index contributed by atoms with van der Waals surface area (Å²) in [6, 6.07) is 6.03. The number of benzene rings is 1. The maximum atomic E-state index is 5.83. The Balaban J connectivity index is 3.11. The number of rotatable bonds is 2. The molecule has 3 nitrogen and oxygen atoms in total. The van der Waals surface area contributed by atoms with Crippen molar-refractivity contribution >= 4 is 17.1 Å². The standard InChI is InChI=1S/C10H17N3/c1-12(2)8-5-6-9(11)10(7-8)13(3)4/h5-7H,11H2,1-4H3. The van der Waals surface area contributed by atoms with Gasteiger partial charge in [0.15, 0.2) is 0 Å². The molecule has 0 aliphatic carbocycles. The topological polar surface area (TPSA) is 32.5 Å². The van der Waals surface area contributed by atoms with Crippen LogP contribution in [0.2, 0.25) is 0 Å². The third kappa shape index (κ3) is 2.05. The Hall–Kier alpha value is -1.38. The van der Waals surface area contributed by atoms with E-state index in [1.165, 1.54) is 0 Å². The first-order valence-corrected chi connectivity index (χ1v) is 4.26. The lowest BCUT2D eigenvalue weighted by Gasteiger charge is -2.19. The van der Waals surface area contributed by atoms with Gasteiger partial charge in [0.2, 0.25) is 0 Å². The van der Waals surface area contributed by atoms with E-state index in [0.717, 1.165) is 17.1 Å². The fraction of sp³-hybridized carbons (Fsp3) is 0.400. The van der Waals surface area contributed by atoms with Gasteiger partial charge in [0, 0.05) is 33.9 Å². The summed E-state index contributed by atoms with van der Waals surface area (Å²) in [6.45, 7) is 0. The number of hydrogen-bond acceptors (Lipinski definition) is 3. The Kier molecular flexibility index (Phi) is 2.66. The second-order valence-corrected chi connectivity index (χ2v) is 3.53. The average molecular weight is 179 g/mol. The lowest BCUT2D eigenvalue weighted by molar-refractivity contribution is 1.10. The lowest BCUT2D eigenvalue weighted by Crippen LogP contribution is -2.14. The van der Waals surface area contributed by atoms with Gasteiger partial charge in [-0.3, -0.25) is 0 Å². The van der Waals surface area contributed by atoms with E-state index in [0.29, 0.717) is 0 Å². The molecule has 0 saturated heterocycles. The third-order valence-electron chi connectivity index (χ3n) is 2.01. The molecular weight excluding hydrogens is 162 g/mol. The zero-order valence-electron chi connectivity index (χ0n) is 8.70. The molecule has 3 heteroatoms. The number of anilines is 3. The summed E-state index contributed by atoms with van der Waals surface area (Å²) < 4.78 is 0. The third-order valence-corrected chi connectivity index (χ3v) is 2.01. The van der Waals surface area contributed by atoms with Gasteiger partial charge in [0.05, 0.1) is 11.4 Å². The van der Waals surface area contributed by atoms with Crippen LogP contribution in [0.3, 0.4) is 0 Å². The van der Waals surface area contributed by atoms with E-state index in [9.17, 15) is 0 Å². The van der Waals surface area contributed by atoms with Crippen molar-refractivity contribution in [2.45, 2.75) is 0 Å². The first-order chi connectivity index (χ1) is 6.02. The van der Waals surface area contributed by atoms with E-state index in [1.54, 1.807) is 0 Å². The SMILES string of the molecule is CN(C)c1ccc(N)c(N(C)C)c1. The number of hydrogen-bond donors (Lipinski definition) is 1. The molecule has 0 aliphatic heterocycles. The van der Waals surface area contributed by atoms with Crippen LogP contribution in [0.25, 0.3) is 0 Å². The predicted octanol–water partition coefficient (Wildman–Crippen LogP) is 1.40. The van der Waals surface area contributed by atoms with Crippen molar-refractivity contribution in [2.75, 3.05) is 43.7 Å². The summed E-state index contributed by atoms with van der Waals surface area (Å²) in [5.74, 6) is 0. The molecule has 1 aromatic rings.